The highest BCUT2D eigenvalue weighted by molar-refractivity contribution is 9.10. The predicted molar refractivity (Wildman–Crippen MR) is 74.6 cm³/mol. The summed E-state index contributed by atoms with van der Waals surface area (Å²) in [6.07, 6.45) is 0.260. The molecule has 98 valence electrons. The van der Waals surface area contributed by atoms with Gasteiger partial charge in [-0.25, -0.2) is 4.39 Å². The Morgan fingerprint density at radius 1 is 1.21 bits per heavy atom. The van der Waals surface area contributed by atoms with E-state index < -0.39 is 11.9 Å². The summed E-state index contributed by atoms with van der Waals surface area (Å²) in [4.78, 5) is 11.4. The first-order chi connectivity index (χ1) is 9.08. The quantitative estimate of drug-likeness (QED) is 0.923. The van der Waals surface area contributed by atoms with Crippen molar-refractivity contribution in [1.82, 2.24) is 0 Å². The number of aliphatic carboxylic acids is 1. The normalized spacial score (nSPS) is 12.1. The maximum absolute atomic E-state index is 13.1. The Kier molecular flexibility index (Phi) is 4.32. The molecule has 0 aliphatic heterocycles. The average molecular weight is 323 g/mol. The fraction of sp³-hybridized carbons (Fsp3) is 0.133. The second-order valence-electron chi connectivity index (χ2n) is 4.25. The summed E-state index contributed by atoms with van der Waals surface area (Å²) < 4.78 is 13.9. The van der Waals surface area contributed by atoms with Gasteiger partial charge in [-0.05, 0) is 35.7 Å². The van der Waals surface area contributed by atoms with Gasteiger partial charge in [0, 0.05) is 4.47 Å². The Labute approximate surface area is 119 Å². The zero-order chi connectivity index (χ0) is 13.8. The third-order valence-electron chi connectivity index (χ3n) is 2.91. The number of carbonyl (C=O) groups is 1. The van der Waals surface area contributed by atoms with Gasteiger partial charge in [0.05, 0.1) is 5.92 Å². The summed E-state index contributed by atoms with van der Waals surface area (Å²) in [5.74, 6) is -1.97. The molecule has 0 saturated heterocycles. The van der Waals surface area contributed by atoms with Gasteiger partial charge in [-0.2, -0.15) is 0 Å². The largest absolute Gasteiger partial charge is 0.481 e. The Balaban J connectivity index is 2.32. The molecule has 4 heteroatoms. The third kappa shape index (κ3) is 3.41. The lowest BCUT2D eigenvalue weighted by Gasteiger charge is -2.14. The minimum absolute atomic E-state index is 0.260. The van der Waals surface area contributed by atoms with Gasteiger partial charge in [-0.1, -0.05) is 46.3 Å². The van der Waals surface area contributed by atoms with Crippen molar-refractivity contribution in [3.05, 3.63) is 69.9 Å². The van der Waals surface area contributed by atoms with E-state index >= 15 is 0 Å². The van der Waals surface area contributed by atoms with E-state index in [2.05, 4.69) is 15.9 Å². The number of benzene rings is 2. The van der Waals surface area contributed by atoms with Crippen LogP contribution in [-0.2, 0) is 11.2 Å². The smallest absolute Gasteiger partial charge is 0.311 e. The third-order valence-corrected chi connectivity index (χ3v) is 3.63. The molecule has 0 heterocycles. The fourth-order valence-electron chi connectivity index (χ4n) is 1.99. The van der Waals surface area contributed by atoms with E-state index in [9.17, 15) is 14.3 Å². The van der Waals surface area contributed by atoms with Crippen molar-refractivity contribution < 1.29 is 14.3 Å². The summed E-state index contributed by atoms with van der Waals surface area (Å²) in [7, 11) is 0. The van der Waals surface area contributed by atoms with Gasteiger partial charge in [0.1, 0.15) is 5.82 Å². The van der Waals surface area contributed by atoms with Crippen molar-refractivity contribution in [2.45, 2.75) is 12.3 Å². The fourth-order valence-corrected chi connectivity index (χ4v) is 2.55. The summed E-state index contributed by atoms with van der Waals surface area (Å²) in [5.41, 5.74) is 1.36. The molecule has 0 bridgehead atoms. The molecule has 0 aliphatic carbocycles. The molecule has 2 nitrogen and oxygen atoms in total. The first-order valence-corrected chi connectivity index (χ1v) is 6.59. The van der Waals surface area contributed by atoms with Gasteiger partial charge >= 0.3 is 5.97 Å². The zero-order valence-electron chi connectivity index (χ0n) is 10.0. The molecule has 2 rings (SSSR count). The molecule has 0 aliphatic rings. The van der Waals surface area contributed by atoms with Gasteiger partial charge < -0.3 is 5.11 Å². The average Bonchev–Trinajstić information content (AvgIpc) is 2.37. The van der Waals surface area contributed by atoms with Crippen molar-refractivity contribution in [2.75, 3.05) is 0 Å². The lowest BCUT2D eigenvalue weighted by Crippen LogP contribution is -2.15. The van der Waals surface area contributed by atoms with E-state index in [1.165, 1.54) is 12.1 Å². The SMILES string of the molecule is O=C(O)C(Cc1cccc(F)c1)c1ccccc1Br. The molecule has 0 fully saturated rings. The minimum Gasteiger partial charge on any atom is -0.481 e. The maximum atomic E-state index is 13.1. The van der Waals surface area contributed by atoms with E-state index in [0.717, 1.165) is 4.47 Å². The van der Waals surface area contributed by atoms with E-state index in [1.54, 1.807) is 30.3 Å². The number of hydrogen-bond donors (Lipinski definition) is 1. The van der Waals surface area contributed by atoms with E-state index in [-0.39, 0.29) is 12.2 Å². The van der Waals surface area contributed by atoms with Crippen LogP contribution in [0, 0.1) is 5.82 Å². The molecule has 0 aromatic heterocycles. The number of rotatable bonds is 4. The second-order valence-corrected chi connectivity index (χ2v) is 5.10. The van der Waals surface area contributed by atoms with Crippen molar-refractivity contribution >= 4 is 21.9 Å². The number of carboxylic acid groups (broad SMARTS) is 1. The lowest BCUT2D eigenvalue weighted by molar-refractivity contribution is -0.138. The number of hydrogen-bond acceptors (Lipinski definition) is 1. The second kappa shape index (κ2) is 5.97. The van der Waals surface area contributed by atoms with Crippen LogP contribution in [0.1, 0.15) is 17.0 Å². The van der Waals surface area contributed by atoms with E-state index in [0.29, 0.717) is 11.1 Å². The molecule has 19 heavy (non-hydrogen) atoms. The molecule has 0 saturated carbocycles. The van der Waals surface area contributed by atoms with Crippen LogP contribution in [-0.4, -0.2) is 11.1 Å². The Morgan fingerprint density at radius 2 is 1.95 bits per heavy atom. The van der Waals surface area contributed by atoms with Gasteiger partial charge in [0.15, 0.2) is 0 Å². The minimum atomic E-state index is -0.920. The van der Waals surface area contributed by atoms with Crippen LogP contribution in [0.2, 0.25) is 0 Å². The topological polar surface area (TPSA) is 37.3 Å². The molecule has 2 aromatic rings. The van der Waals surface area contributed by atoms with Crippen LogP contribution in [0.5, 0.6) is 0 Å². The summed E-state index contributed by atoms with van der Waals surface area (Å²) in [5, 5.41) is 9.37. The van der Waals surface area contributed by atoms with Crippen LogP contribution in [0.4, 0.5) is 4.39 Å². The molecule has 1 unspecified atom stereocenters. The predicted octanol–water partition coefficient (Wildman–Crippen LogP) is 4.00. The highest BCUT2D eigenvalue weighted by Crippen LogP contribution is 2.28. The first-order valence-electron chi connectivity index (χ1n) is 5.79. The number of halogens is 2. The van der Waals surface area contributed by atoms with Crippen molar-refractivity contribution in [3.63, 3.8) is 0 Å². The summed E-state index contributed by atoms with van der Waals surface area (Å²) >= 11 is 3.36. The molecule has 1 N–H and O–H groups in total. The zero-order valence-corrected chi connectivity index (χ0v) is 11.6. The summed E-state index contributed by atoms with van der Waals surface area (Å²) in [6.45, 7) is 0. The van der Waals surface area contributed by atoms with Crippen molar-refractivity contribution in [3.8, 4) is 0 Å². The lowest BCUT2D eigenvalue weighted by atomic mass is 9.92. The van der Waals surface area contributed by atoms with Crippen LogP contribution in [0.25, 0.3) is 0 Å². The maximum Gasteiger partial charge on any atom is 0.311 e. The van der Waals surface area contributed by atoms with Gasteiger partial charge in [0.2, 0.25) is 0 Å². The van der Waals surface area contributed by atoms with Gasteiger partial charge in [-0.15, -0.1) is 0 Å². The molecule has 0 radical (unpaired) electrons. The summed E-state index contributed by atoms with van der Waals surface area (Å²) in [6, 6.07) is 13.2. The number of carboxylic acids is 1. The van der Waals surface area contributed by atoms with Gasteiger partial charge in [0.25, 0.3) is 0 Å². The molecule has 0 spiro atoms. The van der Waals surface area contributed by atoms with E-state index in [1.807, 2.05) is 6.07 Å². The Bertz CT molecular complexity index is 598. The Morgan fingerprint density at radius 3 is 2.58 bits per heavy atom. The van der Waals surface area contributed by atoms with Crippen LogP contribution < -0.4 is 0 Å². The van der Waals surface area contributed by atoms with Crippen LogP contribution in [0.15, 0.2) is 53.0 Å². The van der Waals surface area contributed by atoms with Crippen LogP contribution in [0.3, 0.4) is 0 Å². The molecule has 0 amide bonds. The molecule has 2 aromatic carbocycles. The highest BCUT2D eigenvalue weighted by atomic mass is 79.9. The van der Waals surface area contributed by atoms with Gasteiger partial charge in [-0.3, -0.25) is 4.79 Å². The highest BCUT2D eigenvalue weighted by Gasteiger charge is 2.22. The first kappa shape index (κ1) is 13.7. The van der Waals surface area contributed by atoms with Crippen molar-refractivity contribution in [1.29, 1.82) is 0 Å². The monoisotopic (exact) mass is 322 g/mol. The molecular weight excluding hydrogens is 311 g/mol. The van der Waals surface area contributed by atoms with Crippen molar-refractivity contribution in [2.24, 2.45) is 0 Å². The standard InChI is InChI=1S/C15H12BrFO2/c16-14-7-2-1-6-12(14)13(15(18)19)9-10-4-3-5-11(17)8-10/h1-8,13H,9H2,(H,18,19). The Hall–Kier alpha value is -1.68. The van der Waals surface area contributed by atoms with E-state index in [4.69, 9.17) is 0 Å². The molecular formula is C15H12BrFO2. The van der Waals surface area contributed by atoms with Crippen LogP contribution >= 0.6 is 15.9 Å². The molecule has 1 atom stereocenters.